The summed E-state index contributed by atoms with van der Waals surface area (Å²) in [5.41, 5.74) is 0.927. The van der Waals surface area contributed by atoms with E-state index in [0.29, 0.717) is 19.4 Å². The molecule has 3 amide bonds. The number of hydrogen-bond acceptors (Lipinski definition) is 8. The SMILES string of the molecule is CC[C@@H](C)[C@@H]([C@@H](CC(=O)N1CCC[C@H]1[C@H](C)[C@@H](C)C(=O)N[C@@H](Cc1ccccc1)OC=O)OC)N(C)C(=O)[C@@H](CC(=O)[C@H](C(C)C)N(C)C)C(C)C. The Hall–Kier alpha value is -3.31. The lowest BCUT2D eigenvalue weighted by molar-refractivity contribution is -0.148. The Morgan fingerprint density at radius 1 is 0.962 bits per heavy atom. The normalized spacial score (nSPS) is 19.4. The Kier molecular flexibility index (Phi) is 18.5. The number of ether oxygens (including phenoxy) is 2. The molecule has 1 saturated heterocycles. The van der Waals surface area contributed by atoms with Crippen molar-refractivity contribution in [2.24, 2.45) is 35.5 Å². The van der Waals surface area contributed by atoms with E-state index < -0.39 is 24.2 Å². The van der Waals surface area contributed by atoms with Gasteiger partial charge in [-0.1, -0.05) is 92.1 Å². The van der Waals surface area contributed by atoms with Crippen LogP contribution in [0.25, 0.3) is 0 Å². The highest BCUT2D eigenvalue weighted by atomic mass is 16.5. The Bertz CT molecular complexity index is 1280. The van der Waals surface area contributed by atoms with Gasteiger partial charge in [0.05, 0.1) is 24.6 Å². The minimum absolute atomic E-state index is 0.0230. The van der Waals surface area contributed by atoms with Crippen LogP contribution in [0.2, 0.25) is 0 Å². The number of rotatable bonds is 22. The predicted octanol–water partition coefficient (Wildman–Crippen LogP) is 5.20. The number of benzene rings is 1. The van der Waals surface area contributed by atoms with Crippen LogP contribution < -0.4 is 5.32 Å². The van der Waals surface area contributed by atoms with Crippen molar-refractivity contribution >= 4 is 30.0 Å². The van der Waals surface area contributed by atoms with Crippen LogP contribution in [0.5, 0.6) is 0 Å². The molecule has 1 aromatic carbocycles. The molecule has 52 heavy (non-hydrogen) atoms. The summed E-state index contributed by atoms with van der Waals surface area (Å²) in [6.07, 6.45) is 1.56. The van der Waals surface area contributed by atoms with Gasteiger partial charge in [-0.05, 0) is 56.2 Å². The highest BCUT2D eigenvalue weighted by Crippen LogP contribution is 2.32. The third-order valence-electron chi connectivity index (χ3n) is 11.4. The van der Waals surface area contributed by atoms with Gasteiger partial charge < -0.3 is 24.6 Å². The number of hydrogen-bond donors (Lipinski definition) is 1. The fourth-order valence-corrected chi connectivity index (χ4v) is 8.02. The summed E-state index contributed by atoms with van der Waals surface area (Å²) in [5, 5.41) is 2.88. The van der Waals surface area contributed by atoms with Crippen LogP contribution in [-0.4, -0.2) is 110 Å². The molecule has 1 N–H and O–H groups in total. The van der Waals surface area contributed by atoms with Gasteiger partial charge in [0, 0.05) is 51.4 Å². The van der Waals surface area contributed by atoms with E-state index in [2.05, 4.69) is 19.2 Å². The molecule has 1 aliphatic rings. The smallest absolute Gasteiger partial charge is 0.295 e. The third-order valence-corrected chi connectivity index (χ3v) is 11.4. The summed E-state index contributed by atoms with van der Waals surface area (Å²) in [6, 6.07) is 8.67. The minimum atomic E-state index is -0.805. The van der Waals surface area contributed by atoms with Crippen LogP contribution >= 0.6 is 0 Å². The molecule has 1 fully saturated rings. The highest BCUT2D eigenvalue weighted by Gasteiger charge is 2.42. The molecular weight excluding hydrogens is 660 g/mol. The molecule has 0 unspecified atom stereocenters. The quantitative estimate of drug-likeness (QED) is 0.128. The molecule has 0 aliphatic carbocycles. The van der Waals surface area contributed by atoms with Gasteiger partial charge in [0.2, 0.25) is 17.7 Å². The number of carbonyl (C=O) groups excluding carboxylic acids is 5. The average molecular weight is 729 g/mol. The van der Waals surface area contributed by atoms with Gasteiger partial charge in [0.25, 0.3) is 6.47 Å². The van der Waals surface area contributed by atoms with Gasteiger partial charge in [-0.2, -0.15) is 0 Å². The molecule has 1 heterocycles. The molecule has 11 nitrogen and oxygen atoms in total. The maximum atomic E-state index is 14.2. The Balaban J connectivity index is 2.22. The monoisotopic (exact) mass is 729 g/mol. The van der Waals surface area contributed by atoms with Crippen LogP contribution in [0.4, 0.5) is 0 Å². The molecule has 0 radical (unpaired) electrons. The van der Waals surface area contributed by atoms with Crippen molar-refractivity contribution in [3.8, 4) is 0 Å². The number of Topliss-reactive ketones (excluding diaryl/α,β-unsaturated/α-hetero) is 1. The second kappa shape index (κ2) is 21.4. The zero-order chi connectivity index (χ0) is 39.3. The van der Waals surface area contributed by atoms with E-state index in [1.807, 2.05) is 95.8 Å². The van der Waals surface area contributed by atoms with Crippen molar-refractivity contribution in [1.29, 1.82) is 0 Å². The first kappa shape index (κ1) is 44.8. The van der Waals surface area contributed by atoms with Crippen LogP contribution in [-0.2, 0) is 39.9 Å². The Morgan fingerprint density at radius 3 is 2.12 bits per heavy atom. The first-order chi connectivity index (χ1) is 24.5. The van der Waals surface area contributed by atoms with Crippen LogP contribution in [0.1, 0.15) is 93.1 Å². The molecule has 0 spiro atoms. The zero-order valence-electron chi connectivity index (χ0n) is 34.0. The van der Waals surface area contributed by atoms with E-state index in [4.69, 9.17) is 9.47 Å². The van der Waals surface area contributed by atoms with E-state index >= 15 is 0 Å². The number of amides is 3. The number of methoxy groups -OCH3 is 1. The third kappa shape index (κ3) is 12.1. The van der Waals surface area contributed by atoms with Gasteiger partial charge in [0.1, 0.15) is 0 Å². The van der Waals surface area contributed by atoms with E-state index in [0.717, 1.165) is 24.8 Å². The Morgan fingerprint density at radius 2 is 1.60 bits per heavy atom. The zero-order valence-corrected chi connectivity index (χ0v) is 34.0. The van der Waals surface area contributed by atoms with E-state index in [1.54, 1.807) is 19.1 Å². The fraction of sp³-hybridized carbons (Fsp3) is 0.732. The molecule has 2 rings (SSSR count). The van der Waals surface area contributed by atoms with Gasteiger partial charge in [-0.3, -0.25) is 28.9 Å². The maximum Gasteiger partial charge on any atom is 0.295 e. The van der Waals surface area contributed by atoms with Crippen molar-refractivity contribution < 1.29 is 33.4 Å². The van der Waals surface area contributed by atoms with Gasteiger partial charge in [-0.15, -0.1) is 0 Å². The molecule has 0 aromatic heterocycles. The molecule has 0 bridgehead atoms. The second-order valence-electron chi connectivity index (χ2n) is 15.8. The molecule has 1 aromatic rings. The van der Waals surface area contributed by atoms with Crippen molar-refractivity contribution in [1.82, 2.24) is 20.0 Å². The molecule has 294 valence electrons. The van der Waals surface area contributed by atoms with Crippen LogP contribution in [0.3, 0.4) is 0 Å². The van der Waals surface area contributed by atoms with Crippen LogP contribution in [0, 0.1) is 35.5 Å². The van der Waals surface area contributed by atoms with Gasteiger partial charge in [-0.25, -0.2) is 0 Å². The lowest BCUT2D eigenvalue weighted by atomic mass is 9.83. The van der Waals surface area contributed by atoms with Crippen molar-refractivity contribution in [3.63, 3.8) is 0 Å². The Labute approximate surface area is 313 Å². The van der Waals surface area contributed by atoms with Crippen molar-refractivity contribution in [2.75, 3.05) is 34.8 Å². The number of carbonyl (C=O) groups is 5. The molecule has 9 atom stereocenters. The average Bonchev–Trinajstić information content (AvgIpc) is 3.59. The predicted molar refractivity (Wildman–Crippen MR) is 204 cm³/mol. The molecule has 0 saturated carbocycles. The second-order valence-corrected chi connectivity index (χ2v) is 15.8. The van der Waals surface area contributed by atoms with E-state index in [-0.39, 0.29) is 78.1 Å². The first-order valence-corrected chi connectivity index (χ1v) is 19.2. The van der Waals surface area contributed by atoms with Crippen LogP contribution in [0.15, 0.2) is 30.3 Å². The standard InChI is InChI=1S/C41H68N4O7/c1-13-28(6)39(44(11)41(50)32(26(2)3)23-34(47)38(27(4)5)43(9)10)35(51-12)24-37(48)45-21-17-20-33(45)29(7)30(8)40(49)42-36(52-25-46)22-31-18-15-14-16-19-31/h14-16,18-19,25-30,32-33,35-36,38-39H,13,17,20-24H2,1-12H3,(H,42,49)/t28-,29-,30-,32+,33+,35-,36-,38+,39+/m1/s1. The molecular formula is C41H68N4O7. The van der Waals surface area contributed by atoms with Gasteiger partial charge >= 0.3 is 0 Å². The first-order valence-electron chi connectivity index (χ1n) is 19.2. The number of likely N-dealkylation sites (N-methyl/N-ethyl adjacent to an activating group) is 2. The number of nitrogens with one attached hydrogen (secondary N) is 1. The van der Waals surface area contributed by atoms with E-state index in [1.165, 1.54) is 0 Å². The number of likely N-dealkylation sites (tertiary alicyclic amines) is 1. The topological polar surface area (TPSA) is 126 Å². The molecule has 1 aliphatic heterocycles. The van der Waals surface area contributed by atoms with E-state index in [9.17, 15) is 24.0 Å². The fourth-order valence-electron chi connectivity index (χ4n) is 8.02. The minimum Gasteiger partial charge on any atom is -0.444 e. The van der Waals surface area contributed by atoms with Crippen molar-refractivity contribution in [2.45, 2.75) is 124 Å². The summed E-state index contributed by atoms with van der Waals surface area (Å²) >= 11 is 0. The summed E-state index contributed by atoms with van der Waals surface area (Å²) in [6.45, 7) is 16.9. The molecule has 11 heteroatoms. The number of nitrogens with zero attached hydrogens (tertiary/aromatic N) is 3. The van der Waals surface area contributed by atoms with Gasteiger partial charge in [0.15, 0.2) is 12.0 Å². The lowest BCUT2D eigenvalue weighted by Gasteiger charge is -2.41. The summed E-state index contributed by atoms with van der Waals surface area (Å²) in [5.74, 6) is -1.42. The van der Waals surface area contributed by atoms with Crippen molar-refractivity contribution in [3.05, 3.63) is 35.9 Å². The summed E-state index contributed by atoms with van der Waals surface area (Å²) in [7, 11) is 7.16. The highest BCUT2D eigenvalue weighted by molar-refractivity contribution is 5.90. The summed E-state index contributed by atoms with van der Waals surface area (Å²) < 4.78 is 11.2. The summed E-state index contributed by atoms with van der Waals surface area (Å²) in [4.78, 5) is 72.1. The maximum absolute atomic E-state index is 14.2. The largest absolute Gasteiger partial charge is 0.444 e. The lowest BCUT2D eigenvalue weighted by Crippen LogP contribution is -2.54. The number of ketones is 1.